The molecular formula is C13H17Cl3N2O2S. The predicted octanol–water partition coefficient (Wildman–Crippen LogP) is 3.31. The van der Waals surface area contributed by atoms with Gasteiger partial charge in [-0.05, 0) is 36.9 Å². The maximum atomic E-state index is 12.4. The smallest absolute Gasteiger partial charge is 0.243 e. The predicted molar refractivity (Wildman–Crippen MR) is 86.9 cm³/mol. The average molecular weight is 372 g/mol. The Kier molecular flexibility index (Phi) is 5.45. The molecule has 1 aliphatic heterocycles. The highest BCUT2D eigenvalue weighted by atomic mass is 35.5. The van der Waals surface area contributed by atoms with E-state index in [-0.39, 0.29) is 20.4 Å². The fourth-order valence-electron chi connectivity index (χ4n) is 2.40. The van der Waals surface area contributed by atoms with E-state index in [0.29, 0.717) is 11.6 Å². The summed E-state index contributed by atoms with van der Waals surface area (Å²) in [6.45, 7) is 4.12. The molecule has 1 atom stereocenters. The molecular weight excluding hydrogens is 355 g/mol. The lowest BCUT2D eigenvalue weighted by Gasteiger charge is -2.34. The summed E-state index contributed by atoms with van der Waals surface area (Å²) in [5, 5.41) is 3.62. The number of nitrogens with one attached hydrogen (secondary N) is 2. The number of hydrogen-bond donors (Lipinski definition) is 2. The molecule has 2 N–H and O–H groups in total. The second-order valence-corrected chi connectivity index (χ2v) is 8.57. The lowest BCUT2D eigenvalue weighted by atomic mass is 9.83. The summed E-state index contributed by atoms with van der Waals surface area (Å²) in [6, 6.07) is 2.74. The highest BCUT2D eigenvalue weighted by Crippen LogP contribution is 2.33. The number of benzene rings is 1. The van der Waals surface area contributed by atoms with Crippen molar-refractivity contribution >= 4 is 44.8 Å². The van der Waals surface area contributed by atoms with Gasteiger partial charge in [-0.2, -0.15) is 0 Å². The molecule has 0 aliphatic carbocycles. The van der Waals surface area contributed by atoms with Crippen molar-refractivity contribution < 1.29 is 8.42 Å². The lowest BCUT2D eigenvalue weighted by Crippen LogP contribution is -2.45. The van der Waals surface area contributed by atoms with Crippen molar-refractivity contribution in [2.45, 2.75) is 24.7 Å². The van der Waals surface area contributed by atoms with Gasteiger partial charge in [0.1, 0.15) is 4.90 Å². The van der Waals surface area contributed by atoms with Gasteiger partial charge in [0, 0.05) is 18.1 Å². The molecule has 1 aromatic rings. The van der Waals surface area contributed by atoms with E-state index in [2.05, 4.69) is 10.0 Å². The number of rotatable bonds is 4. The van der Waals surface area contributed by atoms with E-state index in [1.54, 1.807) is 0 Å². The molecule has 1 fully saturated rings. The van der Waals surface area contributed by atoms with Crippen LogP contribution in [0.5, 0.6) is 0 Å². The molecule has 1 heterocycles. The van der Waals surface area contributed by atoms with Gasteiger partial charge in [-0.25, -0.2) is 13.1 Å². The topological polar surface area (TPSA) is 58.2 Å². The van der Waals surface area contributed by atoms with Gasteiger partial charge in [0.15, 0.2) is 0 Å². The van der Waals surface area contributed by atoms with Crippen LogP contribution in [0.1, 0.15) is 19.8 Å². The third kappa shape index (κ3) is 4.24. The van der Waals surface area contributed by atoms with Gasteiger partial charge >= 0.3 is 0 Å². The SMILES string of the molecule is CC1(CNS(=O)(=O)c2c(Cl)cc(Cl)cc2Cl)CCCNC1. The molecule has 1 unspecified atom stereocenters. The van der Waals surface area contributed by atoms with E-state index in [9.17, 15) is 8.42 Å². The quantitative estimate of drug-likeness (QED) is 0.853. The molecule has 2 rings (SSSR count). The van der Waals surface area contributed by atoms with Gasteiger partial charge in [0.05, 0.1) is 10.0 Å². The Morgan fingerprint density at radius 1 is 1.29 bits per heavy atom. The van der Waals surface area contributed by atoms with Gasteiger partial charge < -0.3 is 5.32 Å². The Morgan fingerprint density at radius 3 is 2.43 bits per heavy atom. The number of piperidine rings is 1. The van der Waals surface area contributed by atoms with Crippen molar-refractivity contribution in [3.05, 3.63) is 27.2 Å². The summed E-state index contributed by atoms with van der Waals surface area (Å²) in [5.41, 5.74) is -0.114. The van der Waals surface area contributed by atoms with E-state index in [1.807, 2.05) is 6.92 Å². The fourth-order valence-corrected chi connectivity index (χ4v) is 5.14. The second kappa shape index (κ2) is 6.60. The first-order chi connectivity index (χ1) is 9.73. The van der Waals surface area contributed by atoms with Crippen molar-refractivity contribution in [1.29, 1.82) is 0 Å². The second-order valence-electron chi connectivity index (χ2n) is 5.61. The zero-order valence-electron chi connectivity index (χ0n) is 11.5. The third-order valence-corrected chi connectivity index (χ3v) is 6.15. The van der Waals surface area contributed by atoms with Crippen LogP contribution in [0.2, 0.25) is 15.1 Å². The van der Waals surface area contributed by atoms with E-state index in [1.165, 1.54) is 12.1 Å². The Bertz CT molecular complexity index is 605. The Labute approximate surface area is 140 Å². The summed E-state index contributed by atoms with van der Waals surface area (Å²) in [5.74, 6) is 0. The number of hydrogen-bond acceptors (Lipinski definition) is 3. The zero-order chi connectivity index (χ0) is 15.7. The van der Waals surface area contributed by atoms with E-state index in [0.717, 1.165) is 25.9 Å². The van der Waals surface area contributed by atoms with Gasteiger partial charge in [0.2, 0.25) is 10.0 Å². The van der Waals surface area contributed by atoms with Crippen molar-refractivity contribution in [2.75, 3.05) is 19.6 Å². The van der Waals surface area contributed by atoms with Gasteiger partial charge in [-0.1, -0.05) is 41.7 Å². The van der Waals surface area contributed by atoms with Gasteiger partial charge in [0.25, 0.3) is 0 Å². The molecule has 1 saturated heterocycles. The lowest BCUT2D eigenvalue weighted by molar-refractivity contribution is 0.238. The summed E-state index contributed by atoms with van der Waals surface area (Å²) in [6.07, 6.45) is 1.99. The molecule has 1 aromatic carbocycles. The van der Waals surface area contributed by atoms with Gasteiger partial charge in [-0.3, -0.25) is 0 Å². The molecule has 0 aromatic heterocycles. The van der Waals surface area contributed by atoms with Crippen molar-refractivity contribution in [3.8, 4) is 0 Å². The first-order valence-electron chi connectivity index (χ1n) is 6.58. The molecule has 1 aliphatic rings. The Balaban J connectivity index is 2.19. The number of halogens is 3. The van der Waals surface area contributed by atoms with Gasteiger partial charge in [-0.15, -0.1) is 0 Å². The molecule has 8 heteroatoms. The minimum absolute atomic E-state index is 0.0203. The third-order valence-electron chi connectivity index (χ3n) is 3.61. The van der Waals surface area contributed by atoms with Crippen LogP contribution >= 0.6 is 34.8 Å². The summed E-state index contributed by atoms with van der Waals surface area (Å²) in [4.78, 5) is -0.123. The standard InChI is InChI=1S/C13H17Cl3N2O2S/c1-13(3-2-4-17-7-13)8-18-21(19,20)12-10(15)5-9(14)6-11(12)16/h5-6,17-18H,2-4,7-8H2,1H3. The molecule has 4 nitrogen and oxygen atoms in total. The van der Waals surface area contributed by atoms with E-state index in [4.69, 9.17) is 34.8 Å². The Morgan fingerprint density at radius 2 is 1.90 bits per heavy atom. The number of sulfonamides is 1. The van der Waals surface area contributed by atoms with Crippen LogP contribution in [0.4, 0.5) is 0 Å². The van der Waals surface area contributed by atoms with E-state index < -0.39 is 10.0 Å². The van der Waals surface area contributed by atoms with Crippen LogP contribution in [0, 0.1) is 5.41 Å². The molecule has 21 heavy (non-hydrogen) atoms. The summed E-state index contributed by atoms with van der Waals surface area (Å²) < 4.78 is 27.5. The van der Waals surface area contributed by atoms with Crippen molar-refractivity contribution in [2.24, 2.45) is 5.41 Å². The normalized spacial score (nSPS) is 23.2. The van der Waals surface area contributed by atoms with Crippen LogP contribution in [0.15, 0.2) is 17.0 Å². The molecule has 0 bridgehead atoms. The van der Waals surface area contributed by atoms with E-state index >= 15 is 0 Å². The highest BCUT2D eigenvalue weighted by Gasteiger charge is 2.30. The zero-order valence-corrected chi connectivity index (χ0v) is 14.6. The molecule has 0 radical (unpaired) electrons. The first kappa shape index (κ1) is 17.3. The monoisotopic (exact) mass is 370 g/mol. The first-order valence-corrected chi connectivity index (χ1v) is 9.20. The minimum atomic E-state index is -3.78. The van der Waals surface area contributed by atoms with Crippen LogP contribution in [-0.4, -0.2) is 28.1 Å². The molecule has 118 valence electrons. The van der Waals surface area contributed by atoms with Crippen LogP contribution in [0.3, 0.4) is 0 Å². The van der Waals surface area contributed by atoms with Crippen molar-refractivity contribution in [3.63, 3.8) is 0 Å². The van der Waals surface area contributed by atoms with Crippen LogP contribution in [0.25, 0.3) is 0 Å². The minimum Gasteiger partial charge on any atom is -0.316 e. The Hall–Kier alpha value is -0.0400. The van der Waals surface area contributed by atoms with Crippen LogP contribution in [-0.2, 0) is 10.0 Å². The fraction of sp³-hybridized carbons (Fsp3) is 0.538. The van der Waals surface area contributed by atoms with Crippen molar-refractivity contribution in [1.82, 2.24) is 10.0 Å². The average Bonchev–Trinajstić information content (AvgIpc) is 2.36. The highest BCUT2D eigenvalue weighted by molar-refractivity contribution is 7.89. The maximum absolute atomic E-state index is 12.4. The molecule has 0 saturated carbocycles. The maximum Gasteiger partial charge on any atom is 0.243 e. The summed E-state index contributed by atoms with van der Waals surface area (Å²) in [7, 11) is -3.78. The molecule has 0 spiro atoms. The molecule has 0 amide bonds. The van der Waals surface area contributed by atoms with Crippen LogP contribution < -0.4 is 10.0 Å². The summed E-state index contributed by atoms with van der Waals surface area (Å²) >= 11 is 17.8. The largest absolute Gasteiger partial charge is 0.316 e.